The molecule has 0 bridgehead atoms. The minimum atomic E-state index is -1.20. The smallest absolute Gasteiger partial charge is 0.337 e. The van der Waals surface area contributed by atoms with Crippen molar-refractivity contribution in [3.63, 3.8) is 0 Å². The van der Waals surface area contributed by atoms with Crippen LogP contribution in [0.1, 0.15) is 10.4 Å². The Bertz CT molecular complexity index is 649. The average Bonchev–Trinajstić information content (AvgIpc) is 2.34. The van der Waals surface area contributed by atoms with Crippen LogP contribution in [0.3, 0.4) is 0 Å². The minimum absolute atomic E-state index is 0.0990. The zero-order chi connectivity index (χ0) is 14.0. The highest BCUT2D eigenvalue weighted by Gasteiger charge is 2.15. The molecule has 0 aliphatic carbocycles. The molecule has 2 aromatic rings. The lowest BCUT2D eigenvalue weighted by Gasteiger charge is -2.12. The van der Waals surface area contributed by atoms with Crippen molar-refractivity contribution >= 4 is 51.5 Å². The first kappa shape index (κ1) is 14.1. The zero-order valence-electron chi connectivity index (χ0n) is 9.45. The number of hydrogen-bond donors (Lipinski definition) is 2. The normalized spacial score (nSPS) is 10.3. The molecule has 0 radical (unpaired) electrons. The van der Waals surface area contributed by atoms with Crippen molar-refractivity contribution in [2.75, 3.05) is 5.32 Å². The molecule has 0 unspecified atom stereocenters. The van der Waals surface area contributed by atoms with E-state index >= 15 is 0 Å². The highest BCUT2D eigenvalue weighted by atomic mass is 127. The molecule has 2 aromatic carbocycles. The second-order valence-corrected chi connectivity index (χ2v) is 5.37. The average molecular weight is 392 g/mol. The summed E-state index contributed by atoms with van der Waals surface area (Å²) in [5, 5.41) is 12.2. The van der Waals surface area contributed by atoms with Crippen LogP contribution < -0.4 is 5.32 Å². The quantitative estimate of drug-likeness (QED) is 0.756. The maximum Gasteiger partial charge on any atom is 0.337 e. The molecule has 3 nitrogen and oxygen atoms in total. The van der Waals surface area contributed by atoms with E-state index in [2.05, 4.69) is 27.9 Å². The van der Waals surface area contributed by atoms with E-state index in [1.807, 2.05) is 0 Å². The fourth-order valence-corrected chi connectivity index (χ4v) is 2.46. The fraction of sp³-hybridized carbons (Fsp3) is 0. The summed E-state index contributed by atoms with van der Waals surface area (Å²) in [6, 6.07) is 9.02. The van der Waals surface area contributed by atoms with Crippen LogP contribution >= 0.6 is 34.2 Å². The molecule has 0 spiro atoms. The second kappa shape index (κ2) is 5.75. The molecular formula is C13H8ClFINO2. The first-order valence-corrected chi connectivity index (χ1v) is 6.68. The van der Waals surface area contributed by atoms with Gasteiger partial charge in [0.05, 0.1) is 22.0 Å². The molecule has 0 aromatic heterocycles. The first-order valence-electron chi connectivity index (χ1n) is 5.23. The fourth-order valence-electron chi connectivity index (χ4n) is 1.55. The first-order chi connectivity index (χ1) is 8.99. The second-order valence-electron chi connectivity index (χ2n) is 3.72. The van der Waals surface area contributed by atoms with Gasteiger partial charge in [-0.2, -0.15) is 0 Å². The van der Waals surface area contributed by atoms with Gasteiger partial charge in [0.1, 0.15) is 5.82 Å². The summed E-state index contributed by atoms with van der Waals surface area (Å²) in [6.07, 6.45) is 0. The largest absolute Gasteiger partial charge is 0.478 e. The van der Waals surface area contributed by atoms with Gasteiger partial charge < -0.3 is 10.4 Å². The van der Waals surface area contributed by atoms with E-state index in [4.69, 9.17) is 16.7 Å². The molecule has 2 rings (SSSR count). The summed E-state index contributed by atoms with van der Waals surface area (Å²) in [7, 11) is 0. The number of rotatable bonds is 3. The summed E-state index contributed by atoms with van der Waals surface area (Å²) in [5.74, 6) is -1.85. The molecule has 6 heteroatoms. The van der Waals surface area contributed by atoms with Crippen LogP contribution in [0.2, 0.25) is 5.02 Å². The van der Waals surface area contributed by atoms with E-state index in [0.29, 0.717) is 10.7 Å². The Kier molecular flexibility index (Phi) is 4.26. The number of carbonyl (C=O) groups is 1. The summed E-state index contributed by atoms with van der Waals surface area (Å²) in [4.78, 5) is 11.1. The maximum atomic E-state index is 13.7. The third kappa shape index (κ3) is 3.16. The minimum Gasteiger partial charge on any atom is -0.478 e. The summed E-state index contributed by atoms with van der Waals surface area (Å²) >= 11 is 8.12. The Labute approximate surface area is 127 Å². The number of benzene rings is 2. The standard InChI is InChI=1S/C13H8ClFINO2/c14-9-6-7(16)4-5-11(9)17-12-8(13(18)19)2-1-3-10(12)15/h1-6,17H,(H,18,19). The molecule has 98 valence electrons. The molecule has 0 saturated carbocycles. The van der Waals surface area contributed by atoms with Gasteiger partial charge in [-0.1, -0.05) is 17.7 Å². The maximum absolute atomic E-state index is 13.7. The predicted molar refractivity (Wildman–Crippen MR) is 80.8 cm³/mol. The van der Waals surface area contributed by atoms with Gasteiger partial charge in [0.2, 0.25) is 0 Å². The SMILES string of the molecule is O=C(O)c1cccc(F)c1Nc1ccc(I)cc1Cl. The van der Waals surface area contributed by atoms with Gasteiger partial charge in [0.15, 0.2) is 0 Å². The Morgan fingerprint density at radius 3 is 2.68 bits per heavy atom. The monoisotopic (exact) mass is 391 g/mol. The molecule has 0 saturated heterocycles. The molecule has 0 aliphatic rings. The number of carboxylic acid groups (broad SMARTS) is 1. The number of hydrogen-bond acceptors (Lipinski definition) is 2. The summed E-state index contributed by atoms with van der Waals surface area (Å²) in [6.45, 7) is 0. The van der Waals surface area contributed by atoms with Gasteiger partial charge in [-0.15, -0.1) is 0 Å². The lowest BCUT2D eigenvalue weighted by Crippen LogP contribution is -2.05. The van der Waals surface area contributed by atoms with E-state index < -0.39 is 11.8 Å². The van der Waals surface area contributed by atoms with Gasteiger partial charge in [0.25, 0.3) is 0 Å². The Balaban J connectivity index is 2.46. The summed E-state index contributed by atoms with van der Waals surface area (Å²) < 4.78 is 14.7. The molecule has 0 atom stereocenters. The van der Waals surface area contributed by atoms with Gasteiger partial charge in [-0.05, 0) is 52.9 Å². The van der Waals surface area contributed by atoms with Crippen molar-refractivity contribution in [2.24, 2.45) is 0 Å². The lowest BCUT2D eigenvalue weighted by molar-refractivity contribution is 0.0697. The van der Waals surface area contributed by atoms with Crippen LogP contribution in [-0.2, 0) is 0 Å². The van der Waals surface area contributed by atoms with Crippen LogP contribution in [-0.4, -0.2) is 11.1 Å². The van der Waals surface area contributed by atoms with Gasteiger partial charge in [0, 0.05) is 3.57 Å². The molecule has 0 amide bonds. The molecule has 19 heavy (non-hydrogen) atoms. The van der Waals surface area contributed by atoms with E-state index in [0.717, 1.165) is 3.57 Å². The van der Waals surface area contributed by atoms with Crippen molar-refractivity contribution in [2.45, 2.75) is 0 Å². The van der Waals surface area contributed by atoms with Gasteiger partial charge in [-0.25, -0.2) is 9.18 Å². The van der Waals surface area contributed by atoms with Crippen molar-refractivity contribution in [3.8, 4) is 0 Å². The van der Waals surface area contributed by atoms with Gasteiger partial charge in [-0.3, -0.25) is 0 Å². The van der Waals surface area contributed by atoms with Crippen LogP contribution in [0, 0.1) is 9.39 Å². The van der Waals surface area contributed by atoms with E-state index in [-0.39, 0.29) is 11.3 Å². The molecule has 0 aliphatic heterocycles. The predicted octanol–water partition coefficient (Wildman–Crippen LogP) is 4.53. The van der Waals surface area contributed by atoms with E-state index in [1.165, 1.54) is 18.2 Å². The van der Waals surface area contributed by atoms with Crippen molar-refractivity contribution in [3.05, 3.63) is 56.4 Å². The number of anilines is 2. The van der Waals surface area contributed by atoms with Crippen molar-refractivity contribution in [1.82, 2.24) is 0 Å². The Hall–Kier alpha value is -1.34. The third-order valence-corrected chi connectivity index (χ3v) is 3.42. The Morgan fingerprint density at radius 1 is 1.32 bits per heavy atom. The molecule has 2 N–H and O–H groups in total. The van der Waals surface area contributed by atoms with Crippen molar-refractivity contribution in [1.29, 1.82) is 0 Å². The summed E-state index contributed by atoms with van der Waals surface area (Å²) in [5.41, 5.74) is 0.211. The third-order valence-electron chi connectivity index (χ3n) is 2.43. The number of carboxylic acids is 1. The highest BCUT2D eigenvalue weighted by Crippen LogP contribution is 2.30. The molecule has 0 fully saturated rings. The number of nitrogens with one attached hydrogen (secondary N) is 1. The van der Waals surface area contributed by atoms with E-state index in [1.54, 1.807) is 18.2 Å². The number of aromatic carboxylic acids is 1. The zero-order valence-corrected chi connectivity index (χ0v) is 12.4. The molecule has 0 heterocycles. The van der Waals surface area contributed by atoms with Crippen LogP contribution in [0.25, 0.3) is 0 Å². The van der Waals surface area contributed by atoms with Crippen molar-refractivity contribution < 1.29 is 14.3 Å². The topological polar surface area (TPSA) is 49.3 Å². The van der Waals surface area contributed by atoms with Crippen LogP contribution in [0.5, 0.6) is 0 Å². The highest BCUT2D eigenvalue weighted by molar-refractivity contribution is 14.1. The number of para-hydroxylation sites is 1. The number of halogens is 3. The van der Waals surface area contributed by atoms with Crippen LogP contribution in [0.4, 0.5) is 15.8 Å². The van der Waals surface area contributed by atoms with Gasteiger partial charge >= 0.3 is 5.97 Å². The lowest BCUT2D eigenvalue weighted by atomic mass is 10.1. The Morgan fingerprint density at radius 2 is 2.05 bits per heavy atom. The van der Waals surface area contributed by atoms with E-state index in [9.17, 15) is 9.18 Å². The molecular weight excluding hydrogens is 384 g/mol. The van der Waals surface area contributed by atoms with Crippen LogP contribution in [0.15, 0.2) is 36.4 Å².